The van der Waals surface area contributed by atoms with Gasteiger partial charge in [0.15, 0.2) is 0 Å². The van der Waals surface area contributed by atoms with E-state index in [4.69, 9.17) is 0 Å². The summed E-state index contributed by atoms with van der Waals surface area (Å²) in [6.07, 6.45) is 7.33. The molecule has 0 N–H and O–H groups in total. The van der Waals surface area contributed by atoms with Gasteiger partial charge in [0.05, 0.1) is 0 Å². The Labute approximate surface area is 151 Å². The molecule has 1 aromatic carbocycles. The van der Waals surface area contributed by atoms with Crippen molar-refractivity contribution < 1.29 is 9.59 Å². The summed E-state index contributed by atoms with van der Waals surface area (Å²) in [6, 6.07) is 9.89. The molecule has 1 heterocycles. The number of carbonyl (C=O) groups is 2. The van der Waals surface area contributed by atoms with E-state index >= 15 is 0 Å². The van der Waals surface area contributed by atoms with Crippen LogP contribution in [-0.2, 0) is 9.59 Å². The third kappa shape index (κ3) is 4.23. The van der Waals surface area contributed by atoms with Crippen molar-refractivity contribution in [2.75, 3.05) is 24.5 Å². The fourth-order valence-corrected chi connectivity index (χ4v) is 4.25. The molecule has 25 heavy (non-hydrogen) atoms. The molecule has 2 fully saturated rings. The number of amides is 2. The van der Waals surface area contributed by atoms with Gasteiger partial charge in [-0.05, 0) is 44.7 Å². The molecule has 4 heteroatoms. The fraction of sp³-hybridized carbons (Fsp3) is 0.619. The summed E-state index contributed by atoms with van der Waals surface area (Å²) >= 11 is 0. The summed E-state index contributed by atoms with van der Waals surface area (Å²) in [5.41, 5.74) is 0.968. The Morgan fingerprint density at radius 1 is 0.960 bits per heavy atom. The normalized spacial score (nSPS) is 19.6. The lowest BCUT2D eigenvalue weighted by atomic mass is 9.87. The molecule has 1 saturated heterocycles. The smallest absolute Gasteiger partial charge is 0.230 e. The molecule has 2 aliphatic rings. The van der Waals surface area contributed by atoms with Crippen molar-refractivity contribution >= 4 is 17.5 Å². The summed E-state index contributed by atoms with van der Waals surface area (Å²) in [6.45, 7) is 4.17. The number of para-hydroxylation sites is 1. The second-order valence-corrected chi connectivity index (χ2v) is 7.35. The molecule has 1 saturated carbocycles. The molecular weight excluding hydrogens is 312 g/mol. The lowest BCUT2D eigenvalue weighted by Gasteiger charge is -2.36. The van der Waals surface area contributed by atoms with Crippen LogP contribution in [0.15, 0.2) is 30.3 Å². The SMILES string of the molecule is CCN(C(=O)C1CCN(C(=O)C2CCCCC2)CC1)c1ccccc1. The Bertz CT molecular complexity index is 573. The third-order valence-corrected chi connectivity index (χ3v) is 5.76. The lowest BCUT2D eigenvalue weighted by molar-refractivity contribution is -0.139. The van der Waals surface area contributed by atoms with Gasteiger partial charge in [-0.3, -0.25) is 9.59 Å². The van der Waals surface area contributed by atoms with E-state index in [1.54, 1.807) is 0 Å². The average Bonchev–Trinajstić information content (AvgIpc) is 2.69. The summed E-state index contributed by atoms with van der Waals surface area (Å²) in [4.78, 5) is 29.5. The van der Waals surface area contributed by atoms with Gasteiger partial charge in [0.2, 0.25) is 11.8 Å². The van der Waals surface area contributed by atoms with Gasteiger partial charge in [-0.1, -0.05) is 37.5 Å². The van der Waals surface area contributed by atoms with E-state index in [9.17, 15) is 9.59 Å². The maximum Gasteiger partial charge on any atom is 0.230 e. The molecular formula is C21H30N2O2. The highest BCUT2D eigenvalue weighted by Gasteiger charge is 2.33. The highest BCUT2D eigenvalue weighted by atomic mass is 16.2. The molecule has 4 nitrogen and oxygen atoms in total. The number of anilines is 1. The van der Waals surface area contributed by atoms with Crippen molar-refractivity contribution in [1.82, 2.24) is 4.90 Å². The van der Waals surface area contributed by atoms with Crippen molar-refractivity contribution in [2.45, 2.75) is 51.9 Å². The second-order valence-electron chi connectivity index (χ2n) is 7.35. The van der Waals surface area contributed by atoms with Crippen LogP contribution < -0.4 is 4.90 Å². The first-order valence-corrected chi connectivity index (χ1v) is 9.86. The predicted molar refractivity (Wildman–Crippen MR) is 100 cm³/mol. The third-order valence-electron chi connectivity index (χ3n) is 5.76. The van der Waals surface area contributed by atoms with E-state index in [-0.39, 0.29) is 17.7 Å². The number of carbonyl (C=O) groups excluding carboxylic acids is 2. The second kappa shape index (κ2) is 8.50. The van der Waals surface area contributed by atoms with E-state index in [0.29, 0.717) is 12.5 Å². The Hall–Kier alpha value is -1.84. The van der Waals surface area contributed by atoms with E-state index in [0.717, 1.165) is 44.5 Å². The summed E-state index contributed by atoms with van der Waals surface area (Å²) in [5, 5.41) is 0. The van der Waals surface area contributed by atoms with Crippen molar-refractivity contribution in [1.29, 1.82) is 0 Å². The number of benzene rings is 1. The Morgan fingerprint density at radius 3 is 2.20 bits per heavy atom. The Kier molecular flexibility index (Phi) is 6.11. The van der Waals surface area contributed by atoms with Gasteiger partial charge < -0.3 is 9.80 Å². The van der Waals surface area contributed by atoms with Gasteiger partial charge in [0.1, 0.15) is 0 Å². The molecule has 1 aliphatic heterocycles. The lowest BCUT2D eigenvalue weighted by Crippen LogP contribution is -2.46. The minimum atomic E-state index is 0.0376. The monoisotopic (exact) mass is 342 g/mol. The molecule has 0 radical (unpaired) electrons. The minimum Gasteiger partial charge on any atom is -0.342 e. The Balaban J connectivity index is 1.56. The summed E-state index contributed by atoms with van der Waals surface area (Å²) in [5.74, 6) is 0.812. The van der Waals surface area contributed by atoms with Crippen LogP contribution in [0, 0.1) is 11.8 Å². The van der Waals surface area contributed by atoms with Crippen LogP contribution in [0.25, 0.3) is 0 Å². The summed E-state index contributed by atoms with van der Waals surface area (Å²) < 4.78 is 0. The van der Waals surface area contributed by atoms with Crippen molar-refractivity contribution in [3.05, 3.63) is 30.3 Å². The molecule has 0 unspecified atom stereocenters. The quantitative estimate of drug-likeness (QED) is 0.834. The van der Waals surface area contributed by atoms with Crippen LogP contribution in [0.1, 0.15) is 51.9 Å². The predicted octanol–water partition coefficient (Wildman–Crippen LogP) is 3.86. The number of piperidine rings is 1. The van der Waals surface area contributed by atoms with Gasteiger partial charge >= 0.3 is 0 Å². The van der Waals surface area contributed by atoms with E-state index in [1.807, 2.05) is 47.1 Å². The van der Waals surface area contributed by atoms with Gasteiger partial charge in [-0.2, -0.15) is 0 Å². The molecule has 0 atom stereocenters. The van der Waals surface area contributed by atoms with Crippen molar-refractivity contribution in [2.24, 2.45) is 11.8 Å². The number of rotatable bonds is 4. The molecule has 0 bridgehead atoms. The summed E-state index contributed by atoms with van der Waals surface area (Å²) in [7, 11) is 0. The van der Waals surface area contributed by atoms with Crippen molar-refractivity contribution in [3.63, 3.8) is 0 Å². The zero-order valence-electron chi connectivity index (χ0n) is 15.3. The fourth-order valence-electron chi connectivity index (χ4n) is 4.25. The average molecular weight is 342 g/mol. The standard InChI is InChI=1S/C21H30N2O2/c1-2-23(19-11-7-4-8-12-19)21(25)18-13-15-22(16-14-18)20(24)17-9-5-3-6-10-17/h4,7-8,11-12,17-18H,2-3,5-6,9-10,13-16H2,1H3. The van der Waals surface area contributed by atoms with Gasteiger partial charge in [-0.15, -0.1) is 0 Å². The van der Waals surface area contributed by atoms with Crippen LogP contribution >= 0.6 is 0 Å². The number of nitrogens with zero attached hydrogens (tertiary/aromatic N) is 2. The first-order valence-electron chi connectivity index (χ1n) is 9.86. The van der Waals surface area contributed by atoms with Gasteiger partial charge in [0, 0.05) is 37.2 Å². The zero-order chi connectivity index (χ0) is 17.6. The molecule has 0 aromatic heterocycles. The highest BCUT2D eigenvalue weighted by Crippen LogP contribution is 2.28. The molecule has 0 spiro atoms. The maximum absolute atomic E-state index is 12.9. The van der Waals surface area contributed by atoms with Crippen LogP contribution in [0.3, 0.4) is 0 Å². The highest BCUT2D eigenvalue weighted by molar-refractivity contribution is 5.95. The minimum absolute atomic E-state index is 0.0376. The van der Waals surface area contributed by atoms with E-state index < -0.39 is 0 Å². The molecule has 3 rings (SSSR count). The molecule has 136 valence electrons. The largest absolute Gasteiger partial charge is 0.342 e. The maximum atomic E-state index is 12.9. The Morgan fingerprint density at radius 2 is 1.60 bits per heavy atom. The first kappa shape index (κ1) is 18.0. The van der Waals surface area contributed by atoms with Crippen LogP contribution in [0.4, 0.5) is 5.69 Å². The van der Waals surface area contributed by atoms with Crippen molar-refractivity contribution in [3.8, 4) is 0 Å². The molecule has 1 aliphatic carbocycles. The number of hydrogen-bond donors (Lipinski definition) is 0. The van der Waals surface area contributed by atoms with Crippen LogP contribution in [0.2, 0.25) is 0 Å². The van der Waals surface area contributed by atoms with E-state index in [1.165, 1.54) is 19.3 Å². The van der Waals surface area contributed by atoms with Gasteiger partial charge in [-0.25, -0.2) is 0 Å². The number of likely N-dealkylation sites (tertiary alicyclic amines) is 1. The van der Waals surface area contributed by atoms with Crippen LogP contribution in [-0.4, -0.2) is 36.3 Å². The zero-order valence-corrected chi connectivity index (χ0v) is 15.3. The topological polar surface area (TPSA) is 40.6 Å². The van der Waals surface area contributed by atoms with Gasteiger partial charge in [0.25, 0.3) is 0 Å². The van der Waals surface area contributed by atoms with Crippen LogP contribution in [0.5, 0.6) is 0 Å². The number of hydrogen-bond acceptors (Lipinski definition) is 2. The molecule has 2 amide bonds. The van der Waals surface area contributed by atoms with E-state index in [2.05, 4.69) is 0 Å². The first-order chi connectivity index (χ1) is 12.2. The molecule has 1 aromatic rings.